The van der Waals surface area contributed by atoms with Crippen LogP contribution in [0.3, 0.4) is 0 Å². The molecule has 6 nitrogen and oxygen atoms in total. The molecule has 0 spiro atoms. The first-order chi connectivity index (χ1) is 13.4. The van der Waals surface area contributed by atoms with Crippen molar-refractivity contribution in [1.29, 1.82) is 0 Å². The van der Waals surface area contributed by atoms with Gasteiger partial charge in [0.25, 0.3) is 0 Å². The zero-order chi connectivity index (χ0) is 18.1. The third-order valence-corrected chi connectivity index (χ3v) is 6.12. The highest BCUT2D eigenvalue weighted by atomic mass is 15.2. The molecule has 2 fully saturated rings. The summed E-state index contributed by atoms with van der Waals surface area (Å²) in [6, 6.07) is 7.14. The SMILES string of the molecule is c1nc(N2CCC(N3CCCCC3)CC2)c2cc(-c3cn[nH]c3)ccc2n1. The molecule has 2 aromatic heterocycles. The van der Waals surface area contributed by atoms with Gasteiger partial charge in [0.2, 0.25) is 0 Å². The molecule has 3 aromatic rings. The van der Waals surface area contributed by atoms with E-state index in [4.69, 9.17) is 0 Å². The van der Waals surface area contributed by atoms with Gasteiger partial charge in [-0.2, -0.15) is 5.10 Å². The summed E-state index contributed by atoms with van der Waals surface area (Å²) < 4.78 is 0. The van der Waals surface area contributed by atoms with Gasteiger partial charge in [-0.25, -0.2) is 9.97 Å². The van der Waals surface area contributed by atoms with Crippen LogP contribution < -0.4 is 4.90 Å². The number of benzene rings is 1. The quantitative estimate of drug-likeness (QED) is 0.773. The zero-order valence-electron chi connectivity index (χ0n) is 15.6. The van der Waals surface area contributed by atoms with Gasteiger partial charge in [0, 0.05) is 36.3 Å². The Balaban J connectivity index is 1.39. The van der Waals surface area contributed by atoms with Crippen LogP contribution in [0.25, 0.3) is 22.0 Å². The normalized spacial score (nSPS) is 19.6. The van der Waals surface area contributed by atoms with Crippen molar-refractivity contribution in [2.75, 3.05) is 31.1 Å². The maximum Gasteiger partial charge on any atom is 0.139 e. The Morgan fingerprint density at radius 3 is 2.56 bits per heavy atom. The van der Waals surface area contributed by atoms with Crippen LogP contribution in [0.2, 0.25) is 0 Å². The average Bonchev–Trinajstić information content (AvgIpc) is 3.29. The molecule has 2 aliphatic heterocycles. The third-order valence-electron chi connectivity index (χ3n) is 6.12. The average molecular weight is 362 g/mol. The molecule has 4 heterocycles. The number of piperidine rings is 2. The zero-order valence-corrected chi connectivity index (χ0v) is 15.6. The van der Waals surface area contributed by atoms with Crippen LogP contribution in [0.5, 0.6) is 0 Å². The molecule has 1 N–H and O–H groups in total. The number of anilines is 1. The van der Waals surface area contributed by atoms with Crippen molar-refractivity contribution < 1.29 is 0 Å². The molecular weight excluding hydrogens is 336 g/mol. The largest absolute Gasteiger partial charge is 0.356 e. The smallest absolute Gasteiger partial charge is 0.139 e. The van der Waals surface area contributed by atoms with Crippen LogP contribution in [0.1, 0.15) is 32.1 Å². The fourth-order valence-electron chi connectivity index (χ4n) is 4.61. The highest BCUT2D eigenvalue weighted by Crippen LogP contribution is 2.30. The molecule has 6 heteroatoms. The van der Waals surface area contributed by atoms with Gasteiger partial charge in [0.1, 0.15) is 12.1 Å². The van der Waals surface area contributed by atoms with E-state index in [1.807, 2.05) is 12.4 Å². The predicted molar refractivity (Wildman–Crippen MR) is 108 cm³/mol. The second-order valence-electron chi connectivity index (χ2n) is 7.73. The van der Waals surface area contributed by atoms with E-state index in [9.17, 15) is 0 Å². The fraction of sp³-hybridized carbons (Fsp3) is 0.476. The molecule has 0 radical (unpaired) electrons. The van der Waals surface area contributed by atoms with E-state index in [1.54, 1.807) is 6.33 Å². The van der Waals surface area contributed by atoms with Crippen LogP contribution in [0.4, 0.5) is 5.82 Å². The minimum Gasteiger partial charge on any atom is -0.356 e. The van der Waals surface area contributed by atoms with Gasteiger partial charge in [-0.15, -0.1) is 0 Å². The van der Waals surface area contributed by atoms with Crippen LogP contribution >= 0.6 is 0 Å². The number of hydrogen-bond acceptors (Lipinski definition) is 5. The molecule has 0 aliphatic carbocycles. The fourth-order valence-corrected chi connectivity index (χ4v) is 4.61. The van der Waals surface area contributed by atoms with Crippen molar-refractivity contribution in [3.05, 3.63) is 36.9 Å². The van der Waals surface area contributed by atoms with Gasteiger partial charge in [-0.3, -0.25) is 5.10 Å². The van der Waals surface area contributed by atoms with E-state index in [0.717, 1.165) is 47.0 Å². The molecule has 0 saturated carbocycles. The van der Waals surface area contributed by atoms with Gasteiger partial charge in [0.05, 0.1) is 11.7 Å². The molecular formula is C21H26N6. The Hall–Kier alpha value is -2.47. The van der Waals surface area contributed by atoms with Crippen LogP contribution in [0, 0.1) is 0 Å². The van der Waals surface area contributed by atoms with E-state index >= 15 is 0 Å². The summed E-state index contributed by atoms with van der Waals surface area (Å²) >= 11 is 0. The van der Waals surface area contributed by atoms with E-state index < -0.39 is 0 Å². The standard InChI is InChI=1S/C21H26N6/c1-2-8-26(9-3-1)18-6-10-27(11-7-18)21-19-12-16(17-13-24-25-14-17)4-5-20(19)22-15-23-21/h4-5,12-15,18H,1-3,6-11H2,(H,24,25). The number of hydrogen-bond donors (Lipinski definition) is 1. The predicted octanol–water partition coefficient (Wildman–Crippen LogP) is 3.47. The van der Waals surface area contributed by atoms with Crippen molar-refractivity contribution in [3.63, 3.8) is 0 Å². The van der Waals surface area contributed by atoms with Gasteiger partial charge < -0.3 is 9.80 Å². The topological polar surface area (TPSA) is 60.9 Å². The maximum atomic E-state index is 4.67. The van der Waals surface area contributed by atoms with Crippen LogP contribution in [0.15, 0.2) is 36.9 Å². The lowest BCUT2D eigenvalue weighted by molar-refractivity contribution is 0.141. The van der Waals surface area contributed by atoms with Crippen molar-refractivity contribution in [2.45, 2.75) is 38.1 Å². The highest BCUT2D eigenvalue weighted by molar-refractivity contribution is 5.92. The Kier molecular flexibility index (Phi) is 4.49. The Labute approximate surface area is 159 Å². The maximum absolute atomic E-state index is 4.67. The molecule has 140 valence electrons. The molecule has 2 saturated heterocycles. The van der Waals surface area contributed by atoms with Crippen molar-refractivity contribution in [2.24, 2.45) is 0 Å². The summed E-state index contributed by atoms with van der Waals surface area (Å²) in [6.45, 7) is 4.72. The molecule has 0 bridgehead atoms. The van der Waals surface area contributed by atoms with Crippen LogP contribution in [-0.2, 0) is 0 Å². The van der Waals surface area contributed by atoms with Gasteiger partial charge in [-0.1, -0.05) is 12.5 Å². The lowest BCUT2D eigenvalue weighted by Crippen LogP contribution is -2.47. The number of aromatic amines is 1. The molecule has 1 aromatic carbocycles. The number of nitrogens with one attached hydrogen (secondary N) is 1. The van der Waals surface area contributed by atoms with Crippen molar-refractivity contribution in [3.8, 4) is 11.1 Å². The second-order valence-corrected chi connectivity index (χ2v) is 7.73. The number of rotatable bonds is 3. The molecule has 0 atom stereocenters. The number of likely N-dealkylation sites (tertiary alicyclic amines) is 1. The van der Waals surface area contributed by atoms with Gasteiger partial charge >= 0.3 is 0 Å². The lowest BCUT2D eigenvalue weighted by atomic mass is 9.99. The molecule has 27 heavy (non-hydrogen) atoms. The number of nitrogens with zero attached hydrogens (tertiary/aromatic N) is 5. The highest BCUT2D eigenvalue weighted by Gasteiger charge is 2.26. The Morgan fingerprint density at radius 2 is 1.78 bits per heavy atom. The summed E-state index contributed by atoms with van der Waals surface area (Å²) in [5, 5.41) is 8.10. The molecule has 2 aliphatic rings. The number of H-pyrrole nitrogens is 1. The molecule has 0 unspecified atom stereocenters. The van der Waals surface area contributed by atoms with E-state index in [2.05, 4.69) is 48.2 Å². The first kappa shape index (κ1) is 16.7. The van der Waals surface area contributed by atoms with Gasteiger partial charge in [0.15, 0.2) is 0 Å². The van der Waals surface area contributed by atoms with Crippen molar-refractivity contribution >= 4 is 16.7 Å². The Bertz CT molecular complexity index is 892. The summed E-state index contributed by atoms with van der Waals surface area (Å²) in [5.74, 6) is 1.07. The van der Waals surface area contributed by atoms with E-state index in [0.29, 0.717) is 0 Å². The minimum atomic E-state index is 0.746. The third kappa shape index (κ3) is 3.30. The van der Waals surface area contributed by atoms with Gasteiger partial charge in [-0.05, 0) is 56.5 Å². The molecule has 0 amide bonds. The minimum absolute atomic E-state index is 0.746. The Morgan fingerprint density at radius 1 is 0.926 bits per heavy atom. The second kappa shape index (κ2) is 7.27. The lowest BCUT2D eigenvalue weighted by Gasteiger charge is -2.40. The van der Waals surface area contributed by atoms with E-state index in [-0.39, 0.29) is 0 Å². The number of aromatic nitrogens is 4. The number of fused-ring (bicyclic) bond motifs is 1. The summed E-state index contributed by atoms with van der Waals surface area (Å²) in [4.78, 5) is 14.3. The summed E-state index contributed by atoms with van der Waals surface area (Å²) in [6.07, 6.45) is 12.1. The first-order valence-electron chi connectivity index (χ1n) is 10.1. The summed E-state index contributed by atoms with van der Waals surface area (Å²) in [5.41, 5.74) is 3.25. The molecule has 5 rings (SSSR count). The summed E-state index contributed by atoms with van der Waals surface area (Å²) in [7, 11) is 0. The first-order valence-corrected chi connectivity index (χ1v) is 10.1. The van der Waals surface area contributed by atoms with Crippen LogP contribution in [-0.4, -0.2) is 57.3 Å². The van der Waals surface area contributed by atoms with E-state index in [1.165, 1.54) is 45.2 Å². The monoisotopic (exact) mass is 362 g/mol. The van der Waals surface area contributed by atoms with Crippen molar-refractivity contribution in [1.82, 2.24) is 25.1 Å².